The fourth-order valence-corrected chi connectivity index (χ4v) is 3.01. The number of rotatable bonds is 5. The molecule has 0 aliphatic rings. The number of aromatic nitrogens is 3. The Kier molecular flexibility index (Phi) is 5.38. The van der Waals surface area contributed by atoms with Gasteiger partial charge in [-0.2, -0.15) is 4.98 Å². The van der Waals surface area contributed by atoms with Crippen molar-refractivity contribution in [1.29, 1.82) is 0 Å². The van der Waals surface area contributed by atoms with Crippen LogP contribution in [-0.4, -0.2) is 21.3 Å². The third kappa shape index (κ3) is 4.05. The normalized spacial score (nSPS) is 10.8. The first-order valence-electron chi connectivity index (χ1n) is 6.35. The van der Waals surface area contributed by atoms with Gasteiger partial charge in [0.2, 0.25) is 0 Å². The summed E-state index contributed by atoms with van der Waals surface area (Å²) in [5.41, 5.74) is -0.400. The molecule has 6 nitrogen and oxygen atoms in total. The van der Waals surface area contributed by atoms with Crippen molar-refractivity contribution in [3.63, 3.8) is 0 Å². The van der Waals surface area contributed by atoms with Crippen molar-refractivity contribution >= 4 is 27.7 Å². The summed E-state index contributed by atoms with van der Waals surface area (Å²) in [6, 6.07) is 5.91. The Bertz CT molecular complexity index is 757. The van der Waals surface area contributed by atoms with Crippen LogP contribution in [0.1, 0.15) is 12.5 Å². The summed E-state index contributed by atoms with van der Waals surface area (Å²) in [6.07, 6.45) is 0. The van der Waals surface area contributed by atoms with Crippen LogP contribution in [0.3, 0.4) is 0 Å². The molecular formula is C13H15BrN4O2S. The van der Waals surface area contributed by atoms with Crippen LogP contribution in [0.2, 0.25) is 0 Å². The molecule has 8 heteroatoms. The number of halogens is 1. The number of nitrogens with one attached hydrogen (secondary N) is 2. The lowest BCUT2D eigenvalue weighted by molar-refractivity contribution is 0.596. The zero-order valence-corrected chi connectivity index (χ0v) is 14.0. The molecule has 2 aromatic rings. The van der Waals surface area contributed by atoms with E-state index in [1.807, 2.05) is 25.1 Å². The van der Waals surface area contributed by atoms with Crippen LogP contribution in [0.25, 0.3) is 0 Å². The summed E-state index contributed by atoms with van der Waals surface area (Å²) in [7, 11) is 1.65. The summed E-state index contributed by atoms with van der Waals surface area (Å²) in [5.74, 6) is 0. The van der Waals surface area contributed by atoms with Crippen molar-refractivity contribution in [3.05, 3.63) is 48.9 Å². The van der Waals surface area contributed by atoms with Crippen molar-refractivity contribution in [2.24, 2.45) is 7.05 Å². The van der Waals surface area contributed by atoms with E-state index in [0.717, 1.165) is 28.0 Å². The molecule has 0 fully saturated rings. The molecule has 0 unspecified atom stereocenters. The van der Waals surface area contributed by atoms with E-state index >= 15 is 0 Å². The van der Waals surface area contributed by atoms with Crippen LogP contribution < -0.4 is 16.4 Å². The van der Waals surface area contributed by atoms with Crippen molar-refractivity contribution in [2.75, 3.05) is 6.54 Å². The van der Waals surface area contributed by atoms with E-state index in [2.05, 4.69) is 31.3 Å². The molecule has 0 amide bonds. The Morgan fingerprint density at radius 2 is 2.19 bits per heavy atom. The molecule has 1 heterocycles. The lowest BCUT2D eigenvalue weighted by Crippen LogP contribution is -2.33. The summed E-state index contributed by atoms with van der Waals surface area (Å²) in [4.78, 5) is 27.4. The SMILES string of the molecule is CCNCc1cc(Br)ccc1Sc1nc(=O)c(=O)[nH]n1C. The summed E-state index contributed by atoms with van der Waals surface area (Å²) < 4.78 is 2.44. The molecule has 0 aliphatic carbocycles. The number of aromatic amines is 1. The van der Waals surface area contributed by atoms with Crippen LogP contribution in [0.4, 0.5) is 0 Å². The molecule has 112 valence electrons. The van der Waals surface area contributed by atoms with Gasteiger partial charge in [0.15, 0.2) is 5.16 Å². The quantitative estimate of drug-likeness (QED) is 0.779. The number of H-pyrrole nitrogens is 1. The van der Waals surface area contributed by atoms with E-state index in [-0.39, 0.29) is 0 Å². The molecule has 1 aromatic heterocycles. The van der Waals surface area contributed by atoms with Crippen LogP contribution in [0.15, 0.2) is 42.3 Å². The minimum atomic E-state index is -0.777. The van der Waals surface area contributed by atoms with E-state index in [0.29, 0.717) is 5.16 Å². The van der Waals surface area contributed by atoms with E-state index in [1.54, 1.807) is 7.05 Å². The van der Waals surface area contributed by atoms with Gasteiger partial charge in [-0.3, -0.25) is 19.4 Å². The molecule has 0 atom stereocenters. The maximum absolute atomic E-state index is 11.4. The Morgan fingerprint density at radius 3 is 2.90 bits per heavy atom. The average Bonchev–Trinajstić information content (AvgIpc) is 2.44. The molecule has 0 bridgehead atoms. The Balaban J connectivity index is 2.37. The third-order valence-electron chi connectivity index (χ3n) is 2.74. The molecule has 1 aromatic carbocycles. The molecule has 0 aliphatic heterocycles. The molecular weight excluding hydrogens is 356 g/mol. The number of aryl methyl sites for hydroxylation is 1. The Hall–Kier alpha value is -1.38. The van der Waals surface area contributed by atoms with Gasteiger partial charge in [-0.15, -0.1) is 0 Å². The first kappa shape index (κ1) is 16.0. The van der Waals surface area contributed by atoms with Gasteiger partial charge in [-0.1, -0.05) is 22.9 Å². The van der Waals surface area contributed by atoms with Crippen molar-refractivity contribution in [1.82, 2.24) is 20.1 Å². The molecule has 0 radical (unpaired) electrons. The zero-order chi connectivity index (χ0) is 15.4. The highest BCUT2D eigenvalue weighted by atomic mass is 79.9. The van der Waals surface area contributed by atoms with Crippen LogP contribution in [0, 0.1) is 0 Å². The fraction of sp³-hybridized carbons (Fsp3) is 0.308. The highest BCUT2D eigenvalue weighted by Gasteiger charge is 2.10. The third-order valence-corrected chi connectivity index (χ3v) is 4.40. The molecule has 21 heavy (non-hydrogen) atoms. The largest absolute Gasteiger partial charge is 0.339 e. The molecule has 0 saturated heterocycles. The first-order chi connectivity index (χ1) is 10.0. The van der Waals surface area contributed by atoms with E-state index in [4.69, 9.17) is 0 Å². The number of hydrogen-bond acceptors (Lipinski definition) is 5. The molecule has 0 saturated carbocycles. The maximum Gasteiger partial charge on any atom is 0.339 e. The van der Waals surface area contributed by atoms with E-state index < -0.39 is 11.1 Å². The molecule has 2 rings (SSSR count). The van der Waals surface area contributed by atoms with Gasteiger partial charge < -0.3 is 5.32 Å². The second kappa shape index (κ2) is 7.06. The van der Waals surface area contributed by atoms with Gasteiger partial charge in [-0.25, -0.2) is 0 Å². The highest BCUT2D eigenvalue weighted by molar-refractivity contribution is 9.10. The number of nitrogens with zero attached hydrogens (tertiary/aromatic N) is 2. The molecule has 2 N–H and O–H groups in total. The standard InChI is InChI=1S/C13H15BrN4O2S/c1-3-15-7-8-6-9(14)4-5-10(8)21-13-16-11(19)12(20)17-18(13)2/h4-6,15H,3,7H2,1-2H3,(H,17,20). The zero-order valence-electron chi connectivity index (χ0n) is 11.6. The maximum atomic E-state index is 11.4. The minimum absolute atomic E-state index is 0.444. The average molecular weight is 371 g/mol. The predicted octanol–water partition coefficient (Wildman–Crippen LogP) is 1.49. The second-order valence-electron chi connectivity index (χ2n) is 4.33. The van der Waals surface area contributed by atoms with Gasteiger partial charge in [0.1, 0.15) is 0 Å². The summed E-state index contributed by atoms with van der Waals surface area (Å²) >= 11 is 4.80. The van der Waals surface area contributed by atoms with Crippen molar-refractivity contribution < 1.29 is 0 Å². The van der Waals surface area contributed by atoms with Crippen molar-refractivity contribution in [3.8, 4) is 0 Å². The smallest absolute Gasteiger partial charge is 0.313 e. The second-order valence-corrected chi connectivity index (χ2v) is 6.26. The minimum Gasteiger partial charge on any atom is -0.313 e. The lowest BCUT2D eigenvalue weighted by Gasteiger charge is -2.11. The summed E-state index contributed by atoms with van der Waals surface area (Å²) in [6.45, 7) is 3.62. The number of benzene rings is 1. The topological polar surface area (TPSA) is 79.8 Å². The van der Waals surface area contributed by atoms with Gasteiger partial charge in [-0.05, 0) is 42.1 Å². The van der Waals surface area contributed by atoms with Gasteiger partial charge in [0.05, 0.1) is 0 Å². The summed E-state index contributed by atoms with van der Waals surface area (Å²) in [5, 5.41) is 6.16. The van der Waals surface area contributed by atoms with Gasteiger partial charge >= 0.3 is 11.1 Å². The molecule has 0 spiro atoms. The monoisotopic (exact) mass is 370 g/mol. The predicted molar refractivity (Wildman–Crippen MR) is 85.7 cm³/mol. The van der Waals surface area contributed by atoms with Crippen LogP contribution in [-0.2, 0) is 13.6 Å². The fourth-order valence-electron chi connectivity index (χ4n) is 1.70. The Labute approximate surface area is 134 Å². The lowest BCUT2D eigenvalue weighted by atomic mass is 10.2. The van der Waals surface area contributed by atoms with E-state index in [9.17, 15) is 9.59 Å². The van der Waals surface area contributed by atoms with Crippen LogP contribution >= 0.6 is 27.7 Å². The van der Waals surface area contributed by atoms with Crippen molar-refractivity contribution in [2.45, 2.75) is 23.5 Å². The first-order valence-corrected chi connectivity index (χ1v) is 7.96. The highest BCUT2D eigenvalue weighted by Crippen LogP contribution is 2.30. The van der Waals surface area contributed by atoms with Gasteiger partial charge in [0.25, 0.3) is 0 Å². The van der Waals surface area contributed by atoms with E-state index in [1.165, 1.54) is 16.4 Å². The van der Waals surface area contributed by atoms with Crippen LogP contribution in [0.5, 0.6) is 0 Å². The number of hydrogen-bond donors (Lipinski definition) is 2. The van der Waals surface area contributed by atoms with Gasteiger partial charge in [0, 0.05) is 23.0 Å². The Morgan fingerprint density at radius 1 is 1.43 bits per heavy atom.